The molecule has 2 unspecified atom stereocenters. The van der Waals surface area contributed by atoms with Crippen LogP contribution in [-0.4, -0.2) is 53.4 Å². The zero-order valence-corrected chi connectivity index (χ0v) is 9.78. The monoisotopic (exact) mass is 242 g/mol. The van der Waals surface area contributed by atoms with Crippen LogP contribution in [0.5, 0.6) is 0 Å². The minimum atomic E-state index is -1.30. The van der Waals surface area contributed by atoms with Crippen molar-refractivity contribution in [2.75, 3.05) is 19.6 Å². The molecule has 2 fully saturated rings. The van der Waals surface area contributed by atoms with Crippen LogP contribution in [0.15, 0.2) is 0 Å². The SMILES string of the molecule is O=C(O)C12CNCC1(CCCB(O)O)CCN2. The molecule has 0 aliphatic carbocycles. The Bertz CT molecular complexity index is 301. The largest absolute Gasteiger partial charge is 0.480 e. The van der Waals surface area contributed by atoms with Crippen molar-refractivity contribution in [2.45, 2.75) is 31.1 Å². The predicted molar refractivity (Wildman–Crippen MR) is 62.5 cm³/mol. The second kappa shape index (κ2) is 4.57. The smallest absolute Gasteiger partial charge is 0.451 e. The van der Waals surface area contributed by atoms with E-state index in [1.807, 2.05) is 0 Å². The Labute approximate surface area is 101 Å². The quantitative estimate of drug-likeness (QED) is 0.382. The number of nitrogens with one attached hydrogen (secondary N) is 2. The van der Waals surface area contributed by atoms with Gasteiger partial charge in [0.15, 0.2) is 0 Å². The fourth-order valence-corrected chi connectivity index (χ4v) is 3.32. The van der Waals surface area contributed by atoms with Crippen LogP contribution >= 0.6 is 0 Å². The number of rotatable bonds is 5. The third-order valence-corrected chi connectivity index (χ3v) is 4.27. The number of fused-ring (bicyclic) bond motifs is 1. The van der Waals surface area contributed by atoms with Gasteiger partial charge < -0.3 is 25.8 Å². The summed E-state index contributed by atoms with van der Waals surface area (Å²) in [6.45, 7) is 1.85. The minimum Gasteiger partial charge on any atom is -0.480 e. The van der Waals surface area contributed by atoms with Gasteiger partial charge in [0.1, 0.15) is 5.54 Å². The first kappa shape index (κ1) is 12.8. The molecule has 2 atom stereocenters. The van der Waals surface area contributed by atoms with Crippen LogP contribution in [-0.2, 0) is 4.79 Å². The Kier molecular flexibility index (Phi) is 3.44. The van der Waals surface area contributed by atoms with Gasteiger partial charge in [-0.15, -0.1) is 0 Å². The van der Waals surface area contributed by atoms with Gasteiger partial charge in [-0.25, -0.2) is 0 Å². The van der Waals surface area contributed by atoms with Gasteiger partial charge in [0.05, 0.1) is 0 Å². The van der Waals surface area contributed by atoms with Crippen molar-refractivity contribution in [3.05, 3.63) is 0 Å². The van der Waals surface area contributed by atoms with Crippen molar-refractivity contribution in [1.29, 1.82) is 0 Å². The average molecular weight is 242 g/mol. The molecule has 0 aromatic rings. The Balaban J connectivity index is 2.08. The number of hydrogen-bond acceptors (Lipinski definition) is 5. The van der Waals surface area contributed by atoms with Gasteiger partial charge in [0.25, 0.3) is 0 Å². The normalized spacial score (nSPS) is 35.9. The van der Waals surface area contributed by atoms with E-state index in [0.29, 0.717) is 32.3 Å². The number of carbonyl (C=O) groups is 1. The maximum atomic E-state index is 11.5. The highest BCUT2D eigenvalue weighted by molar-refractivity contribution is 6.40. The van der Waals surface area contributed by atoms with E-state index in [1.54, 1.807) is 0 Å². The molecule has 2 aliphatic heterocycles. The van der Waals surface area contributed by atoms with E-state index in [9.17, 15) is 9.90 Å². The molecule has 2 heterocycles. The van der Waals surface area contributed by atoms with E-state index in [4.69, 9.17) is 10.0 Å². The van der Waals surface area contributed by atoms with E-state index in [-0.39, 0.29) is 5.41 Å². The van der Waals surface area contributed by atoms with Gasteiger partial charge in [-0.3, -0.25) is 4.79 Å². The molecular formula is C10H19BN2O4. The zero-order valence-electron chi connectivity index (χ0n) is 9.78. The van der Waals surface area contributed by atoms with E-state index in [1.165, 1.54) is 0 Å². The molecule has 0 saturated carbocycles. The second-order valence-electron chi connectivity index (χ2n) is 5.14. The van der Waals surface area contributed by atoms with E-state index in [2.05, 4.69) is 10.6 Å². The van der Waals surface area contributed by atoms with Crippen LogP contribution in [0.4, 0.5) is 0 Å². The standard InChI is InChI=1S/C10H19BN2O4/c14-8(15)10-7-12-6-9(10,3-5-13-10)2-1-4-11(16)17/h12-13,16-17H,1-7H2,(H,14,15). The van der Waals surface area contributed by atoms with Gasteiger partial charge in [-0.2, -0.15) is 0 Å². The van der Waals surface area contributed by atoms with Gasteiger partial charge in [-0.05, 0) is 25.7 Å². The average Bonchev–Trinajstić information content (AvgIpc) is 2.72. The fraction of sp³-hybridized carbons (Fsp3) is 0.900. The lowest BCUT2D eigenvalue weighted by atomic mass is 9.68. The summed E-state index contributed by atoms with van der Waals surface area (Å²) in [6.07, 6.45) is 2.47. The predicted octanol–water partition coefficient (Wildman–Crippen LogP) is -1.35. The molecular weight excluding hydrogens is 223 g/mol. The lowest BCUT2D eigenvalue weighted by Gasteiger charge is -2.36. The van der Waals surface area contributed by atoms with Gasteiger partial charge in [0, 0.05) is 18.5 Å². The molecule has 0 aromatic heterocycles. The van der Waals surface area contributed by atoms with E-state index < -0.39 is 18.6 Å². The van der Waals surface area contributed by atoms with Crippen LogP contribution < -0.4 is 10.6 Å². The number of hydrogen-bond donors (Lipinski definition) is 5. The number of aliphatic carboxylic acids is 1. The van der Waals surface area contributed by atoms with Gasteiger partial charge in [0.2, 0.25) is 0 Å². The number of carboxylic acid groups (broad SMARTS) is 1. The Hall–Kier alpha value is -0.625. The highest BCUT2D eigenvalue weighted by atomic mass is 16.4. The van der Waals surface area contributed by atoms with Crippen molar-refractivity contribution >= 4 is 13.1 Å². The lowest BCUT2D eigenvalue weighted by Crippen LogP contribution is -2.58. The van der Waals surface area contributed by atoms with Crippen LogP contribution in [0.3, 0.4) is 0 Å². The van der Waals surface area contributed by atoms with Crippen molar-refractivity contribution in [2.24, 2.45) is 5.41 Å². The molecule has 2 rings (SSSR count). The number of carboxylic acids is 1. The topological polar surface area (TPSA) is 102 Å². The second-order valence-corrected chi connectivity index (χ2v) is 5.14. The summed E-state index contributed by atoms with van der Waals surface area (Å²) < 4.78 is 0. The van der Waals surface area contributed by atoms with Gasteiger partial charge in [-0.1, -0.05) is 6.42 Å². The summed E-state index contributed by atoms with van der Waals surface area (Å²) in [5, 5.41) is 33.4. The Morgan fingerprint density at radius 3 is 2.76 bits per heavy atom. The van der Waals surface area contributed by atoms with E-state index in [0.717, 1.165) is 13.0 Å². The molecule has 2 aliphatic rings. The molecule has 2 saturated heterocycles. The Morgan fingerprint density at radius 2 is 2.12 bits per heavy atom. The molecule has 0 spiro atoms. The molecule has 7 heteroatoms. The van der Waals surface area contributed by atoms with Crippen molar-refractivity contribution in [1.82, 2.24) is 10.6 Å². The summed E-state index contributed by atoms with van der Waals surface area (Å²) in [6, 6.07) is 0. The first-order valence-corrected chi connectivity index (χ1v) is 6.08. The van der Waals surface area contributed by atoms with Crippen LogP contribution in [0.2, 0.25) is 6.32 Å². The van der Waals surface area contributed by atoms with E-state index >= 15 is 0 Å². The first-order valence-electron chi connectivity index (χ1n) is 6.08. The highest BCUT2D eigenvalue weighted by Crippen LogP contribution is 2.46. The molecule has 6 nitrogen and oxygen atoms in total. The molecule has 96 valence electrons. The summed E-state index contributed by atoms with van der Waals surface area (Å²) in [7, 11) is -1.30. The maximum Gasteiger partial charge on any atom is 0.451 e. The molecule has 0 radical (unpaired) electrons. The highest BCUT2D eigenvalue weighted by Gasteiger charge is 2.62. The van der Waals surface area contributed by atoms with Crippen LogP contribution in [0, 0.1) is 5.41 Å². The van der Waals surface area contributed by atoms with Crippen LogP contribution in [0.1, 0.15) is 19.3 Å². The molecule has 17 heavy (non-hydrogen) atoms. The minimum absolute atomic E-state index is 0.284. The third kappa shape index (κ3) is 1.97. The van der Waals surface area contributed by atoms with Crippen molar-refractivity contribution in [3.63, 3.8) is 0 Å². The maximum absolute atomic E-state index is 11.5. The zero-order chi connectivity index (χ0) is 12.5. The summed E-state index contributed by atoms with van der Waals surface area (Å²) in [5.74, 6) is -0.801. The summed E-state index contributed by atoms with van der Waals surface area (Å²) in [4.78, 5) is 11.5. The van der Waals surface area contributed by atoms with Crippen LogP contribution in [0.25, 0.3) is 0 Å². The molecule has 0 aromatic carbocycles. The Morgan fingerprint density at radius 1 is 1.35 bits per heavy atom. The third-order valence-electron chi connectivity index (χ3n) is 4.27. The summed E-state index contributed by atoms with van der Waals surface area (Å²) >= 11 is 0. The first-order chi connectivity index (χ1) is 8.02. The summed E-state index contributed by atoms with van der Waals surface area (Å²) in [5.41, 5.74) is -1.15. The fourth-order valence-electron chi connectivity index (χ4n) is 3.32. The van der Waals surface area contributed by atoms with Crippen molar-refractivity contribution < 1.29 is 19.9 Å². The molecule has 5 N–H and O–H groups in total. The van der Waals surface area contributed by atoms with Gasteiger partial charge >= 0.3 is 13.1 Å². The van der Waals surface area contributed by atoms with Crippen molar-refractivity contribution in [3.8, 4) is 0 Å². The molecule has 0 bridgehead atoms. The lowest BCUT2D eigenvalue weighted by molar-refractivity contribution is -0.147. The molecule has 0 amide bonds.